The van der Waals surface area contributed by atoms with E-state index in [9.17, 15) is 22.4 Å². The van der Waals surface area contributed by atoms with Crippen molar-refractivity contribution in [2.45, 2.75) is 13.5 Å². The highest BCUT2D eigenvalue weighted by atomic mass is 32.2. The number of aryl methyl sites for hydroxylation is 1. The minimum absolute atomic E-state index is 0.146. The van der Waals surface area contributed by atoms with Crippen molar-refractivity contribution in [1.82, 2.24) is 10.0 Å². The van der Waals surface area contributed by atoms with Crippen LogP contribution in [0.5, 0.6) is 0 Å². The summed E-state index contributed by atoms with van der Waals surface area (Å²) in [6, 6.07) is 12.8. The SMILES string of the molecule is Cc1ccc(C=CS(=O)(=O)NCC(=O)OCC(=O)NCc2ccc(F)cc2)cc1. The smallest absolute Gasteiger partial charge is 0.321 e. The van der Waals surface area contributed by atoms with Crippen LogP contribution >= 0.6 is 0 Å². The maximum Gasteiger partial charge on any atom is 0.321 e. The first-order valence-electron chi connectivity index (χ1n) is 8.65. The zero-order valence-corrected chi connectivity index (χ0v) is 16.5. The summed E-state index contributed by atoms with van der Waals surface area (Å²) in [5.74, 6) is -1.84. The first-order valence-corrected chi connectivity index (χ1v) is 10.2. The van der Waals surface area contributed by atoms with Gasteiger partial charge in [-0.2, -0.15) is 0 Å². The predicted octanol–water partition coefficient (Wildman–Crippen LogP) is 1.88. The van der Waals surface area contributed by atoms with Gasteiger partial charge in [0.15, 0.2) is 6.61 Å². The summed E-state index contributed by atoms with van der Waals surface area (Å²) in [5.41, 5.74) is 2.42. The third kappa shape index (κ3) is 8.67. The first kappa shape index (κ1) is 22.3. The summed E-state index contributed by atoms with van der Waals surface area (Å²) in [6.45, 7) is 0.903. The van der Waals surface area contributed by atoms with Crippen LogP contribution in [-0.2, 0) is 30.9 Å². The standard InChI is InChI=1S/C20H21FN2O5S/c1-15-2-4-16(5-3-15)10-11-29(26,27)23-13-20(25)28-14-19(24)22-12-17-6-8-18(21)9-7-17/h2-11,23H,12-14H2,1H3,(H,22,24). The van der Waals surface area contributed by atoms with E-state index in [4.69, 9.17) is 4.74 Å². The molecule has 0 spiro atoms. The van der Waals surface area contributed by atoms with Crippen LogP contribution in [0.1, 0.15) is 16.7 Å². The van der Waals surface area contributed by atoms with Gasteiger partial charge >= 0.3 is 5.97 Å². The Morgan fingerprint density at radius 1 is 1.07 bits per heavy atom. The molecule has 2 aromatic carbocycles. The molecule has 2 N–H and O–H groups in total. The number of rotatable bonds is 9. The number of esters is 1. The first-order chi connectivity index (χ1) is 13.7. The fraction of sp³-hybridized carbons (Fsp3) is 0.200. The molecule has 2 rings (SSSR count). The van der Waals surface area contributed by atoms with Gasteiger partial charge < -0.3 is 10.1 Å². The van der Waals surface area contributed by atoms with Crippen molar-refractivity contribution in [3.05, 3.63) is 76.4 Å². The minimum atomic E-state index is -3.84. The summed E-state index contributed by atoms with van der Waals surface area (Å²) in [4.78, 5) is 23.3. The lowest BCUT2D eigenvalue weighted by atomic mass is 10.2. The van der Waals surface area contributed by atoms with Gasteiger partial charge in [0, 0.05) is 12.0 Å². The molecule has 154 valence electrons. The summed E-state index contributed by atoms with van der Waals surface area (Å²) in [7, 11) is -3.84. The van der Waals surface area contributed by atoms with Crippen molar-refractivity contribution in [1.29, 1.82) is 0 Å². The van der Waals surface area contributed by atoms with Gasteiger partial charge in [-0.3, -0.25) is 9.59 Å². The Bertz CT molecular complexity index is 971. The molecule has 0 radical (unpaired) electrons. The number of nitrogens with one attached hydrogen (secondary N) is 2. The molecular weight excluding hydrogens is 399 g/mol. The Kier molecular flexibility index (Phi) is 8.05. The van der Waals surface area contributed by atoms with Gasteiger partial charge in [-0.05, 0) is 36.3 Å². The van der Waals surface area contributed by atoms with Crippen molar-refractivity contribution < 1.29 is 27.1 Å². The van der Waals surface area contributed by atoms with Crippen molar-refractivity contribution in [2.24, 2.45) is 0 Å². The van der Waals surface area contributed by atoms with E-state index in [1.165, 1.54) is 30.3 Å². The lowest BCUT2D eigenvalue weighted by Crippen LogP contribution is -2.33. The molecule has 0 aliphatic carbocycles. The van der Waals surface area contributed by atoms with Gasteiger partial charge in [0.05, 0.1) is 0 Å². The molecule has 2 aromatic rings. The van der Waals surface area contributed by atoms with E-state index < -0.39 is 35.1 Å². The van der Waals surface area contributed by atoms with E-state index in [0.29, 0.717) is 11.1 Å². The lowest BCUT2D eigenvalue weighted by Gasteiger charge is -2.07. The monoisotopic (exact) mass is 420 g/mol. The van der Waals surface area contributed by atoms with Crippen LogP contribution in [0.3, 0.4) is 0 Å². The molecular formula is C20H21FN2O5S. The second-order valence-electron chi connectivity index (χ2n) is 6.14. The molecule has 9 heteroatoms. The number of hydrogen-bond donors (Lipinski definition) is 2. The van der Waals surface area contributed by atoms with Crippen molar-refractivity contribution in [2.75, 3.05) is 13.2 Å². The molecule has 0 saturated heterocycles. The third-order valence-electron chi connectivity index (χ3n) is 3.70. The average molecular weight is 420 g/mol. The van der Waals surface area contributed by atoms with Crippen LogP contribution in [0.4, 0.5) is 4.39 Å². The van der Waals surface area contributed by atoms with Gasteiger partial charge in [-0.1, -0.05) is 42.0 Å². The second kappa shape index (κ2) is 10.5. The quantitative estimate of drug-likeness (QED) is 0.603. The highest BCUT2D eigenvalue weighted by Crippen LogP contribution is 2.06. The topological polar surface area (TPSA) is 102 Å². The van der Waals surface area contributed by atoms with Gasteiger partial charge in [0.25, 0.3) is 5.91 Å². The number of sulfonamides is 1. The van der Waals surface area contributed by atoms with Crippen LogP contribution in [0.2, 0.25) is 0 Å². The Hall–Kier alpha value is -3.04. The number of hydrogen-bond acceptors (Lipinski definition) is 5. The number of amides is 1. The largest absolute Gasteiger partial charge is 0.455 e. The van der Waals surface area contributed by atoms with Crippen LogP contribution in [-0.4, -0.2) is 33.4 Å². The van der Waals surface area contributed by atoms with E-state index >= 15 is 0 Å². The second-order valence-corrected chi connectivity index (χ2v) is 7.79. The van der Waals surface area contributed by atoms with Crippen molar-refractivity contribution in [3.63, 3.8) is 0 Å². The average Bonchev–Trinajstić information content (AvgIpc) is 2.70. The lowest BCUT2D eigenvalue weighted by molar-refractivity contribution is -0.147. The predicted molar refractivity (Wildman–Crippen MR) is 106 cm³/mol. The zero-order valence-electron chi connectivity index (χ0n) is 15.7. The van der Waals surface area contributed by atoms with E-state index in [-0.39, 0.29) is 12.4 Å². The number of carbonyl (C=O) groups excluding carboxylic acids is 2. The molecule has 0 heterocycles. The molecule has 0 bridgehead atoms. The zero-order chi connectivity index (χ0) is 21.3. The molecule has 0 unspecified atom stereocenters. The molecule has 0 aromatic heterocycles. The van der Waals surface area contributed by atoms with Crippen molar-refractivity contribution >= 4 is 28.0 Å². The molecule has 0 aliphatic rings. The van der Waals surface area contributed by atoms with Crippen molar-refractivity contribution in [3.8, 4) is 0 Å². The number of benzene rings is 2. The number of carbonyl (C=O) groups is 2. The molecule has 0 atom stereocenters. The van der Waals surface area contributed by atoms with Crippen LogP contribution < -0.4 is 10.0 Å². The van der Waals surface area contributed by atoms with E-state index in [1.807, 2.05) is 19.1 Å². The molecule has 0 saturated carbocycles. The van der Waals surface area contributed by atoms with Gasteiger partial charge in [0.1, 0.15) is 12.4 Å². The third-order valence-corrected chi connectivity index (χ3v) is 4.74. The summed E-state index contributed by atoms with van der Waals surface area (Å²) in [6.07, 6.45) is 1.40. The van der Waals surface area contributed by atoms with Gasteiger partial charge in [-0.15, -0.1) is 0 Å². The molecule has 0 aliphatic heterocycles. The van der Waals surface area contributed by atoms with Crippen LogP contribution in [0, 0.1) is 12.7 Å². The Morgan fingerprint density at radius 2 is 1.72 bits per heavy atom. The molecule has 29 heavy (non-hydrogen) atoms. The van der Waals surface area contributed by atoms with Gasteiger partial charge in [-0.25, -0.2) is 17.5 Å². The van der Waals surface area contributed by atoms with E-state index in [0.717, 1.165) is 11.0 Å². The highest BCUT2D eigenvalue weighted by Gasteiger charge is 2.11. The Labute approximate surface area is 168 Å². The Morgan fingerprint density at radius 3 is 2.38 bits per heavy atom. The van der Waals surface area contributed by atoms with E-state index in [2.05, 4.69) is 10.0 Å². The summed E-state index contributed by atoms with van der Waals surface area (Å²) >= 11 is 0. The molecule has 0 fully saturated rings. The fourth-order valence-electron chi connectivity index (χ4n) is 2.10. The molecule has 1 amide bonds. The number of ether oxygens (including phenoxy) is 1. The highest BCUT2D eigenvalue weighted by molar-refractivity contribution is 7.92. The number of halogens is 1. The van der Waals surface area contributed by atoms with Gasteiger partial charge in [0.2, 0.25) is 10.0 Å². The van der Waals surface area contributed by atoms with Crippen LogP contribution in [0.25, 0.3) is 6.08 Å². The van der Waals surface area contributed by atoms with E-state index in [1.54, 1.807) is 12.1 Å². The Balaban J connectivity index is 1.70. The molecule has 7 nitrogen and oxygen atoms in total. The fourth-order valence-corrected chi connectivity index (χ4v) is 2.86. The minimum Gasteiger partial charge on any atom is -0.455 e. The summed E-state index contributed by atoms with van der Waals surface area (Å²) in [5, 5.41) is 3.44. The maximum atomic E-state index is 12.8. The normalized spacial score (nSPS) is 11.4. The summed E-state index contributed by atoms with van der Waals surface area (Å²) < 4.78 is 43.4. The van der Waals surface area contributed by atoms with Crippen LogP contribution in [0.15, 0.2) is 53.9 Å². The maximum absolute atomic E-state index is 12.8.